The average Bonchev–Trinajstić information content (AvgIpc) is 2.62. The first kappa shape index (κ1) is 9.17. The summed E-state index contributed by atoms with van der Waals surface area (Å²) in [5.41, 5.74) is 0. The molecule has 0 amide bonds. The highest BCUT2D eigenvalue weighted by atomic mass is 16.5. The molecule has 1 N–H and O–H groups in total. The molecular weight excluding hydrogens is 174 g/mol. The maximum absolute atomic E-state index is 5.61. The molecule has 3 rings (SSSR count). The van der Waals surface area contributed by atoms with Crippen molar-refractivity contribution < 1.29 is 4.74 Å². The average molecular weight is 195 g/mol. The van der Waals surface area contributed by atoms with Gasteiger partial charge in [-0.1, -0.05) is 0 Å². The molecule has 14 heavy (non-hydrogen) atoms. The molecule has 3 fully saturated rings. The Balaban J connectivity index is 1.65. The Morgan fingerprint density at radius 2 is 1.93 bits per heavy atom. The zero-order valence-corrected chi connectivity index (χ0v) is 8.87. The molecule has 0 radical (unpaired) electrons. The monoisotopic (exact) mass is 195 g/mol. The van der Waals surface area contributed by atoms with Gasteiger partial charge in [0.05, 0.1) is 0 Å². The molecular formula is C12H21NO. The SMILES string of the molecule is C1COCC(C2CCC3CCC2N3)C1. The predicted octanol–water partition coefficient (Wildman–Crippen LogP) is 1.94. The maximum atomic E-state index is 5.61. The minimum absolute atomic E-state index is 0.834. The summed E-state index contributed by atoms with van der Waals surface area (Å²) in [6.45, 7) is 2.04. The third-order valence-electron chi connectivity index (χ3n) is 4.44. The molecule has 0 saturated carbocycles. The van der Waals surface area contributed by atoms with E-state index in [-0.39, 0.29) is 0 Å². The van der Waals surface area contributed by atoms with Crippen LogP contribution in [-0.2, 0) is 4.74 Å². The van der Waals surface area contributed by atoms with Gasteiger partial charge in [-0.15, -0.1) is 0 Å². The van der Waals surface area contributed by atoms with Crippen LogP contribution in [0.2, 0.25) is 0 Å². The van der Waals surface area contributed by atoms with Gasteiger partial charge in [0.25, 0.3) is 0 Å². The van der Waals surface area contributed by atoms with E-state index in [0.29, 0.717) is 0 Å². The van der Waals surface area contributed by atoms with Crippen molar-refractivity contribution in [3.8, 4) is 0 Å². The number of hydrogen-bond donors (Lipinski definition) is 1. The molecule has 2 bridgehead atoms. The number of piperidine rings is 1. The van der Waals surface area contributed by atoms with Crippen LogP contribution in [0.3, 0.4) is 0 Å². The molecule has 80 valence electrons. The van der Waals surface area contributed by atoms with Gasteiger partial charge in [-0.2, -0.15) is 0 Å². The second-order valence-electron chi connectivity index (χ2n) is 5.27. The molecule has 0 aliphatic carbocycles. The van der Waals surface area contributed by atoms with Crippen molar-refractivity contribution in [1.82, 2.24) is 5.32 Å². The Morgan fingerprint density at radius 3 is 2.79 bits per heavy atom. The zero-order chi connectivity index (χ0) is 9.38. The van der Waals surface area contributed by atoms with Crippen molar-refractivity contribution in [2.24, 2.45) is 11.8 Å². The van der Waals surface area contributed by atoms with E-state index in [9.17, 15) is 0 Å². The van der Waals surface area contributed by atoms with E-state index in [1.54, 1.807) is 0 Å². The Bertz CT molecular complexity index is 200. The predicted molar refractivity (Wildman–Crippen MR) is 56.2 cm³/mol. The highest BCUT2D eigenvalue weighted by Gasteiger charge is 2.39. The Morgan fingerprint density at radius 1 is 1.00 bits per heavy atom. The summed E-state index contributed by atoms with van der Waals surface area (Å²) in [6.07, 6.45) is 8.42. The topological polar surface area (TPSA) is 21.3 Å². The zero-order valence-electron chi connectivity index (χ0n) is 8.87. The molecule has 0 spiro atoms. The van der Waals surface area contributed by atoms with E-state index < -0.39 is 0 Å². The van der Waals surface area contributed by atoms with E-state index >= 15 is 0 Å². The van der Waals surface area contributed by atoms with Crippen molar-refractivity contribution in [1.29, 1.82) is 0 Å². The maximum Gasteiger partial charge on any atom is 0.0497 e. The van der Waals surface area contributed by atoms with Gasteiger partial charge in [-0.05, 0) is 50.4 Å². The van der Waals surface area contributed by atoms with Crippen LogP contribution in [0.15, 0.2) is 0 Å². The van der Waals surface area contributed by atoms with Crippen molar-refractivity contribution >= 4 is 0 Å². The first-order valence-corrected chi connectivity index (χ1v) is 6.27. The van der Waals surface area contributed by atoms with Gasteiger partial charge in [0, 0.05) is 25.3 Å². The molecule has 4 atom stereocenters. The molecule has 0 aromatic carbocycles. The van der Waals surface area contributed by atoms with Gasteiger partial charge in [-0.3, -0.25) is 0 Å². The number of hydrogen-bond acceptors (Lipinski definition) is 2. The summed E-state index contributed by atoms with van der Waals surface area (Å²) in [4.78, 5) is 0. The van der Waals surface area contributed by atoms with Gasteiger partial charge in [-0.25, -0.2) is 0 Å². The van der Waals surface area contributed by atoms with E-state index in [1.165, 1.54) is 38.5 Å². The number of nitrogens with one attached hydrogen (secondary N) is 1. The van der Waals surface area contributed by atoms with Crippen LogP contribution in [0.5, 0.6) is 0 Å². The highest BCUT2D eigenvalue weighted by Crippen LogP contribution is 2.38. The normalized spacial score (nSPS) is 48.0. The summed E-state index contributed by atoms with van der Waals surface area (Å²) in [6, 6.07) is 1.70. The fourth-order valence-electron chi connectivity index (χ4n) is 3.68. The molecule has 0 aromatic heterocycles. The molecule has 0 aromatic rings. The lowest BCUT2D eigenvalue weighted by atomic mass is 9.78. The lowest BCUT2D eigenvalue weighted by Crippen LogP contribution is -2.45. The van der Waals surface area contributed by atoms with Crippen LogP contribution < -0.4 is 5.32 Å². The molecule has 3 aliphatic heterocycles. The van der Waals surface area contributed by atoms with Crippen molar-refractivity contribution in [3.05, 3.63) is 0 Å². The largest absolute Gasteiger partial charge is 0.381 e. The Kier molecular flexibility index (Phi) is 2.50. The summed E-state index contributed by atoms with van der Waals surface area (Å²) in [5, 5.41) is 3.78. The first-order chi connectivity index (χ1) is 6.93. The van der Waals surface area contributed by atoms with Crippen LogP contribution >= 0.6 is 0 Å². The van der Waals surface area contributed by atoms with Crippen LogP contribution in [0.1, 0.15) is 38.5 Å². The van der Waals surface area contributed by atoms with Gasteiger partial charge in [0.2, 0.25) is 0 Å². The van der Waals surface area contributed by atoms with Crippen LogP contribution in [-0.4, -0.2) is 25.3 Å². The molecule has 4 unspecified atom stereocenters. The second kappa shape index (κ2) is 3.82. The standard InChI is InChI=1S/C12H21NO/c1-2-9(8-14-7-1)11-5-3-10-4-6-12(11)13-10/h9-13H,1-8H2. The van der Waals surface area contributed by atoms with Crippen molar-refractivity contribution in [2.75, 3.05) is 13.2 Å². The fourth-order valence-corrected chi connectivity index (χ4v) is 3.68. The molecule has 3 heterocycles. The van der Waals surface area contributed by atoms with E-state index in [2.05, 4.69) is 5.32 Å². The Labute approximate surface area is 86.4 Å². The minimum Gasteiger partial charge on any atom is -0.381 e. The van der Waals surface area contributed by atoms with E-state index in [0.717, 1.165) is 37.1 Å². The number of ether oxygens (including phenoxy) is 1. The highest BCUT2D eigenvalue weighted by molar-refractivity contribution is 4.95. The third kappa shape index (κ3) is 1.59. The van der Waals surface area contributed by atoms with Crippen molar-refractivity contribution in [2.45, 2.75) is 50.6 Å². The van der Waals surface area contributed by atoms with Gasteiger partial charge >= 0.3 is 0 Å². The van der Waals surface area contributed by atoms with Crippen molar-refractivity contribution in [3.63, 3.8) is 0 Å². The quantitative estimate of drug-likeness (QED) is 0.690. The molecule has 2 nitrogen and oxygen atoms in total. The minimum atomic E-state index is 0.834. The lowest BCUT2D eigenvalue weighted by Gasteiger charge is -2.37. The summed E-state index contributed by atoms with van der Waals surface area (Å²) in [5.74, 6) is 1.79. The first-order valence-electron chi connectivity index (χ1n) is 6.27. The van der Waals surface area contributed by atoms with Gasteiger partial charge in [0.15, 0.2) is 0 Å². The van der Waals surface area contributed by atoms with Crippen LogP contribution in [0.4, 0.5) is 0 Å². The second-order valence-corrected chi connectivity index (χ2v) is 5.27. The molecule has 2 heteroatoms. The molecule has 3 saturated heterocycles. The Hall–Kier alpha value is -0.0800. The van der Waals surface area contributed by atoms with Gasteiger partial charge in [0.1, 0.15) is 0 Å². The summed E-state index contributed by atoms with van der Waals surface area (Å²) in [7, 11) is 0. The van der Waals surface area contributed by atoms with Crippen LogP contribution in [0.25, 0.3) is 0 Å². The van der Waals surface area contributed by atoms with Gasteiger partial charge < -0.3 is 10.1 Å². The number of fused-ring (bicyclic) bond motifs is 2. The summed E-state index contributed by atoms with van der Waals surface area (Å²) >= 11 is 0. The molecule has 3 aliphatic rings. The fraction of sp³-hybridized carbons (Fsp3) is 1.00. The van der Waals surface area contributed by atoms with E-state index in [1.807, 2.05) is 0 Å². The van der Waals surface area contributed by atoms with E-state index in [4.69, 9.17) is 4.74 Å². The smallest absolute Gasteiger partial charge is 0.0497 e. The lowest BCUT2D eigenvalue weighted by molar-refractivity contribution is 0.0161. The van der Waals surface area contributed by atoms with Crippen LogP contribution in [0, 0.1) is 11.8 Å². The number of rotatable bonds is 1. The third-order valence-corrected chi connectivity index (χ3v) is 4.44. The summed E-state index contributed by atoms with van der Waals surface area (Å²) < 4.78 is 5.61.